The summed E-state index contributed by atoms with van der Waals surface area (Å²) in [5.41, 5.74) is -0.463. The standard InChI is InChI=1S/C25H26F3N3O4/c1-15-12-21(32)31(25(29)22(15)24(33)16-2-4-17(26)5-3-16)23-19(27)13-18(14-20(23)28)35-11-8-30-6-9-34-10-7-30/h2-5,13-15,29,33H,6-12H2,1H3. The van der Waals surface area contributed by atoms with Crippen molar-refractivity contribution in [1.29, 1.82) is 5.41 Å². The van der Waals surface area contributed by atoms with Crippen molar-refractivity contribution in [2.24, 2.45) is 5.92 Å². The van der Waals surface area contributed by atoms with Crippen LogP contribution in [-0.2, 0) is 9.53 Å². The molecule has 2 aliphatic heterocycles. The summed E-state index contributed by atoms with van der Waals surface area (Å²) in [6.07, 6.45) is -0.181. The van der Waals surface area contributed by atoms with Gasteiger partial charge in [0.25, 0.3) is 0 Å². The highest BCUT2D eigenvalue weighted by Gasteiger charge is 2.38. The fraction of sp³-hybridized carbons (Fsp3) is 0.360. The molecule has 1 amide bonds. The van der Waals surface area contributed by atoms with Gasteiger partial charge in [-0.05, 0) is 30.2 Å². The Morgan fingerprint density at radius 1 is 1.14 bits per heavy atom. The van der Waals surface area contributed by atoms with E-state index in [0.717, 1.165) is 37.4 Å². The first kappa shape index (κ1) is 24.7. The summed E-state index contributed by atoms with van der Waals surface area (Å²) in [4.78, 5) is 15.5. The Kier molecular flexibility index (Phi) is 7.42. The van der Waals surface area contributed by atoms with Gasteiger partial charge in [0, 0.05) is 49.3 Å². The number of hydrogen-bond acceptors (Lipinski definition) is 6. The molecule has 2 aliphatic rings. The molecular weight excluding hydrogens is 463 g/mol. The number of amides is 1. The molecule has 7 nitrogen and oxygen atoms in total. The highest BCUT2D eigenvalue weighted by Crippen LogP contribution is 2.37. The number of aliphatic hydroxyl groups excluding tert-OH is 1. The van der Waals surface area contributed by atoms with Crippen molar-refractivity contribution in [2.75, 3.05) is 44.4 Å². The van der Waals surface area contributed by atoms with E-state index in [1.54, 1.807) is 6.92 Å². The van der Waals surface area contributed by atoms with Crippen molar-refractivity contribution < 1.29 is 32.5 Å². The quantitative estimate of drug-likeness (QED) is 0.596. The van der Waals surface area contributed by atoms with Gasteiger partial charge >= 0.3 is 0 Å². The van der Waals surface area contributed by atoms with Gasteiger partial charge in [0.2, 0.25) is 5.91 Å². The van der Waals surface area contributed by atoms with Crippen molar-refractivity contribution in [2.45, 2.75) is 13.3 Å². The summed E-state index contributed by atoms with van der Waals surface area (Å²) in [5.74, 6) is -4.86. The molecule has 10 heteroatoms. The molecule has 2 N–H and O–H groups in total. The molecular formula is C25H26F3N3O4. The molecule has 2 aromatic carbocycles. The Bertz CT molecular complexity index is 1120. The zero-order chi connectivity index (χ0) is 25.1. The number of nitrogens with zero attached hydrogens (tertiary/aromatic N) is 2. The predicted molar refractivity (Wildman–Crippen MR) is 124 cm³/mol. The van der Waals surface area contributed by atoms with Crippen molar-refractivity contribution in [3.8, 4) is 5.75 Å². The van der Waals surface area contributed by atoms with E-state index in [-0.39, 0.29) is 35.7 Å². The van der Waals surface area contributed by atoms with Gasteiger partial charge in [-0.2, -0.15) is 0 Å². The van der Waals surface area contributed by atoms with Gasteiger partial charge in [0.05, 0.1) is 13.2 Å². The molecule has 0 bridgehead atoms. The van der Waals surface area contributed by atoms with Crippen LogP contribution in [0.1, 0.15) is 18.9 Å². The molecule has 0 aliphatic carbocycles. The van der Waals surface area contributed by atoms with Crippen LogP contribution >= 0.6 is 0 Å². The minimum Gasteiger partial charge on any atom is -0.507 e. The lowest BCUT2D eigenvalue weighted by atomic mass is 9.88. The molecule has 2 heterocycles. The minimum atomic E-state index is -1.07. The molecule has 1 unspecified atom stereocenters. The van der Waals surface area contributed by atoms with Gasteiger partial charge < -0.3 is 14.6 Å². The summed E-state index contributed by atoms with van der Waals surface area (Å²) in [7, 11) is 0. The van der Waals surface area contributed by atoms with E-state index in [1.807, 2.05) is 0 Å². The van der Waals surface area contributed by atoms with Gasteiger partial charge in [0.15, 0.2) is 11.6 Å². The molecule has 2 fully saturated rings. The molecule has 0 aromatic heterocycles. The van der Waals surface area contributed by atoms with E-state index in [0.29, 0.717) is 24.7 Å². The molecule has 0 spiro atoms. The number of morpholine rings is 1. The monoisotopic (exact) mass is 489 g/mol. The van der Waals surface area contributed by atoms with Crippen molar-refractivity contribution in [3.05, 3.63) is 65.0 Å². The zero-order valence-corrected chi connectivity index (χ0v) is 19.2. The number of piperidine rings is 1. The van der Waals surface area contributed by atoms with Gasteiger partial charge in [-0.15, -0.1) is 0 Å². The third-order valence-corrected chi connectivity index (χ3v) is 6.07. The van der Waals surface area contributed by atoms with E-state index >= 15 is 8.78 Å². The predicted octanol–water partition coefficient (Wildman–Crippen LogP) is 4.13. The maximum absolute atomic E-state index is 15.1. The van der Waals surface area contributed by atoms with Crippen LogP contribution in [0.2, 0.25) is 0 Å². The maximum atomic E-state index is 15.1. The third kappa shape index (κ3) is 5.33. The third-order valence-electron chi connectivity index (χ3n) is 6.07. The Hall–Kier alpha value is -3.37. The number of benzene rings is 2. The number of aliphatic hydroxyl groups is 1. The first-order chi connectivity index (χ1) is 16.8. The zero-order valence-electron chi connectivity index (χ0n) is 19.2. The van der Waals surface area contributed by atoms with E-state index in [1.165, 1.54) is 12.1 Å². The van der Waals surface area contributed by atoms with Crippen LogP contribution in [0, 0.1) is 28.8 Å². The first-order valence-electron chi connectivity index (χ1n) is 11.3. The van der Waals surface area contributed by atoms with Crippen LogP contribution < -0.4 is 9.64 Å². The lowest BCUT2D eigenvalue weighted by molar-refractivity contribution is -0.118. The second kappa shape index (κ2) is 10.5. The molecule has 0 radical (unpaired) electrons. The Labute approximate surface area is 200 Å². The van der Waals surface area contributed by atoms with Crippen LogP contribution in [0.15, 0.2) is 42.0 Å². The maximum Gasteiger partial charge on any atom is 0.233 e. The van der Waals surface area contributed by atoms with E-state index in [9.17, 15) is 14.3 Å². The number of hydrogen-bond donors (Lipinski definition) is 2. The Morgan fingerprint density at radius 3 is 2.40 bits per heavy atom. The lowest BCUT2D eigenvalue weighted by Gasteiger charge is -2.33. The van der Waals surface area contributed by atoms with Crippen molar-refractivity contribution in [1.82, 2.24) is 4.90 Å². The number of rotatable bonds is 6. The first-order valence-corrected chi connectivity index (χ1v) is 11.3. The summed E-state index contributed by atoms with van der Waals surface area (Å²) >= 11 is 0. The largest absolute Gasteiger partial charge is 0.507 e. The highest BCUT2D eigenvalue weighted by molar-refractivity contribution is 6.26. The molecule has 4 rings (SSSR count). The van der Waals surface area contributed by atoms with Gasteiger partial charge in [-0.25, -0.2) is 13.2 Å². The van der Waals surface area contributed by atoms with Gasteiger partial charge in [0.1, 0.15) is 35.5 Å². The normalized spacial score (nSPS) is 20.8. The van der Waals surface area contributed by atoms with Crippen molar-refractivity contribution >= 4 is 23.2 Å². The fourth-order valence-corrected chi connectivity index (χ4v) is 4.24. The average molecular weight is 489 g/mol. The van der Waals surface area contributed by atoms with Crippen LogP contribution in [-0.4, -0.2) is 61.2 Å². The SMILES string of the molecule is CC1CC(=O)N(c2c(F)cc(OCCN3CCOCC3)cc2F)C(=N)C1=C(O)c1ccc(F)cc1. The second-order valence-electron chi connectivity index (χ2n) is 8.49. The summed E-state index contributed by atoms with van der Waals surface area (Å²) < 4.78 is 54.2. The summed E-state index contributed by atoms with van der Waals surface area (Å²) in [5, 5.41) is 19.3. The van der Waals surface area contributed by atoms with Crippen LogP contribution in [0.25, 0.3) is 5.76 Å². The van der Waals surface area contributed by atoms with Crippen LogP contribution in [0.4, 0.5) is 18.9 Å². The number of halogens is 3. The number of carbonyl (C=O) groups excluding carboxylic acids is 1. The van der Waals surface area contributed by atoms with Gasteiger partial charge in [-0.3, -0.25) is 20.0 Å². The fourth-order valence-electron chi connectivity index (χ4n) is 4.24. The number of ether oxygens (including phenoxy) is 2. The summed E-state index contributed by atoms with van der Waals surface area (Å²) in [6.45, 7) is 5.16. The van der Waals surface area contributed by atoms with E-state index in [4.69, 9.17) is 14.9 Å². The molecule has 186 valence electrons. The van der Waals surface area contributed by atoms with E-state index in [2.05, 4.69) is 4.90 Å². The number of nitrogens with one attached hydrogen (secondary N) is 1. The lowest BCUT2D eigenvalue weighted by Crippen LogP contribution is -2.45. The minimum absolute atomic E-state index is 0.0286. The highest BCUT2D eigenvalue weighted by atomic mass is 19.1. The summed E-state index contributed by atoms with van der Waals surface area (Å²) in [6, 6.07) is 6.87. The molecule has 2 saturated heterocycles. The topological polar surface area (TPSA) is 86.1 Å². The number of amidine groups is 1. The number of anilines is 1. The molecule has 2 aromatic rings. The van der Waals surface area contributed by atoms with Crippen LogP contribution in [0.3, 0.4) is 0 Å². The second-order valence-corrected chi connectivity index (χ2v) is 8.49. The van der Waals surface area contributed by atoms with Crippen molar-refractivity contribution in [3.63, 3.8) is 0 Å². The molecule has 35 heavy (non-hydrogen) atoms. The Balaban J connectivity index is 1.58. The smallest absolute Gasteiger partial charge is 0.233 e. The average Bonchev–Trinajstić information content (AvgIpc) is 2.81. The van der Waals surface area contributed by atoms with E-state index < -0.39 is 40.8 Å². The number of carbonyl (C=O) groups is 1. The Morgan fingerprint density at radius 2 is 1.77 bits per heavy atom. The van der Waals surface area contributed by atoms with Crippen LogP contribution in [0.5, 0.6) is 5.75 Å². The molecule has 1 atom stereocenters. The van der Waals surface area contributed by atoms with Gasteiger partial charge in [-0.1, -0.05) is 6.92 Å². The molecule has 0 saturated carbocycles.